The van der Waals surface area contributed by atoms with Gasteiger partial charge in [0.2, 0.25) is 0 Å². The van der Waals surface area contributed by atoms with E-state index in [9.17, 15) is 0 Å². The topological polar surface area (TPSA) is 74.9 Å². The van der Waals surface area contributed by atoms with Crippen molar-refractivity contribution in [3.63, 3.8) is 0 Å². The molecule has 0 aliphatic carbocycles. The normalized spacial score (nSPS) is 13.1. The van der Waals surface area contributed by atoms with Crippen molar-refractivity contribution in [2.24, 2.45) is 5.92 Å². The highest BCUT2D eigenvalue weighted by atomic mass is 32.2. The summed E-state index contributed by atoms with van der Waals surface area (Å²) in [6.45, 7) is 2.22. The highest BCUT2D eigenvalue weighted by molar-refractivity contribution is 7.99. The SMILES string of the molecule is CC(CO)CSc1nc2ccc(N)cc2[nH]1. The average molecular weight is 237 g/mol. The Balaban J connectivity index is 2.13. The van der Waals surface area contributed by atoms with Gasteiger partial charge in [-0.3, -0.25) is 0 Å². The fourth-order valence-electron chi connectivity index (χ4n) is 1.35. The van der Waals surface area contributed by atoms with Gasteiger partial charge in [-0.2, -0.15) is 0 Å². The van der Waals surface area contributed by atoms with Gasteiger partial charge in [0.05, 0.1) is 11.0 Å². The third kappa shape index (κ3) is 2.48. The Kier molecular flexibility index (Phi) is 3.36. The van der Waals surface area contributed by atoms with Crippen LogP contribution in [0.15, 0.2) is 23.4 Å². The largest absolute Gasteiger partial charge is 0.399 e. The molecule has 0 amide bonds. The summed E-state index contributed by atoms with van der Waals surface area (Å²) in [6, 6.07) is 5.62. The summed E-state index contributed by atoms with van der Waals surface area (Å²) in [6.07, 6.45) is 0. The van der Waals surface area contributed by atoms with Gasteiger partial charge in [0.25, 0.3) is 0 Å². The van der Waals surface area contributed by atoms with Crippen LogP contribution in [0.2, 0.25) is 0 Å². The van der Waals surface area contributed by atoms with Gasteiger partial charge in [0, 0.05) is 18.0 Å². The number of anilines is 1. The third-order valence-corrected chi connectivity index (χ3v) is 3.50. The molecule has 0 aliphatic rings. The summed E-state index contributed by atoms with van der Waals surface area (Å²) >= 11 is 1.62. The second-order valence-electron chi connectivity index (χ2n) is 3.92. The summed E-state index contributed by atoms with van der Waals surface area (Å²) in [4.78, 5) is 7.64. The number of aliphatic hydroxyl groups is 1. The summed E-state index contributed by atoms with van der Waals surface area (Å²) < 4.78 is 0. The number of fused-ring (bicyclic) bond motifs is 1. The molecule has 1 aromatic heterocycles. The molecule has 86 valence electrons. The van der Waals surface area contributed by atoms with Gasteiger partial charge in [-0.25, -0.2) is 4.98 Å². The molecular formula is C11H15N3OS. The number of imidazole rings is 1. The maximum Gasteiger partial charge on any atom is 0.166 e. The van der Waals surface area contributed by atoms with Gasteiger partial charge < -0.3 is 15.8 Å². The first-order valence-corrected chi connectivity index (χ1v) is 6.16. The Morgan fingerprint density at radius 3 is 3.12 bits per heavy atom. The first-order chi connectivity index (χ1) is 7.69. The fraction of sp³-hybridized carbons (Fsp3) is 0.364. The lowest BCUT2D eigenvalue weighted by atomic mass is 10.2. The number of nitrogens with one attached hydrogen (secondary N) is 1. The zero-order chi connectivity index (χ0) is 11.5. The number of rotatable bonds is 4. The summed E-state index contributed by atoms with van der Waals surface area (Å²) in [5.74, 6) is 1.13. The number of benzene rings is 1. The number of aromatic nitrogens is 2. The standard InChI is InChI=1S/C11H15N3OS/c1-7(5-15)6-16-11-13-9-3-2-8(12)4-10(9)14-11/h2-4,7,15H,5-6,12H2,1H3,(H,13,14). The van der Waals surface area contributed by atoms with Crippen LogP contribution in [0.25, 0.3) is 11.0 Å². The number of thioether (sulfide) groups is 1. The lowest BCUT2D eigenvalue weighted by Crippen LogP contribution is -2.03. The first-order valence-electron chi connectivity index (χ1n) is 5.18. The zero-order valence-electron chi connectivity index (χ0n) is 9.10. The van der Waals surface area contributed by atoms with Crippen LogP contribution in [0.4, 0.5) is 5.69 Å². The predicted octanol–water partition coefficient (Wildman–Crippen LogP) is 1.87. The van der Waals surface area contributed by atoms with E-state index in [0.29, 0.717) is 0 Å². The number of nitrogen functional groups attached to an aromatic ring is 1. The molecule has 0 fully saturated rings. The summed E-state index contributed by atoms with van der Waals surface area (Å²) in [5.41, 5.74) is 8.30. The minimum Gasteiger partial charge on any atom is -0.399 e. The number of hydrogen-bond donors (Lipinski definition) is 3. The monoisotopic (exact) mass is 237 g/mol. The molecule has 0 saturated heterocycles. The van der Waals surface area contributed by atoms with Crippen LogP contribution in [0.3, 0.4) is 0 Å². The number of H-pyrrole nitrogens is 1. The molecule has 2 rings (SSSR count). The van der Waals surface area contributed by atoms with Gasteiger partial charge in [-0.15, -0.1) is 0 Å². The maximum absolute atomic E-state index is 8.93. The van der Waals surface area contributed by atoms with E-state index in [4.69, 9.17) is 10.8 Å². The number of aromatic amines is 1. The van der Waals surface area contributed by atoms with E-state index in [2.05, 4.69) is 9.97 Å². The van der Waals surface area contributed by atoms with E-state index < -0.39 is 0 Å². The van der Waals surface area contributed by atoms with E-state index in [0.717, 1.165) is 27.6 Å². The molecule has 1 heterocycles. The highest BCUT2D eigenvalue weighted by Crippen LogP contribution is 2.22. The Labute approximate surface area is 98.3 Å². The summed E-state index contributed by atoms with van der Waals surface area (Å²) in [7, 11) is 0. The molecule has 2 aromatic rings. The minimum atomic E-state index is 0.209. The van der Waals surface area contributed by atoms with Crippen molar-refractivity contribution in [2.75, 3.05) is 18.1 Å². The quantitative estimate of drug-likeness (QED) is 0.560. The molecule has 5 heteroatoms. The van der Waals surface area contributed by atoms with Crippen LogP contribution in [-0.4, -0.2) is 27.4 Å². The molecule has 4 N–H and O–H groups in total. The third-order valence-electron chi connectivity index (χ3n) is 2.30. The van der Waals surface area contributed by atoms with Crippen LogP contribution in [0, 0.1) is 5.92 Å². The Morgan fingerprint density at radius 1 is 1.56 bits per heavy atom. The molecule has 4 nitrogen and oxygen atoms in total. The predicted molar refractivity (Wildman–Crippen MR) is 67.5 cm³/mol. The smallest absolute Gasteiger partial charge is 0.166 e. The van der Waals surface area contributed by atoms with E-state index in [1.54, 1.807) is 11.8 Å². The molecule has 0 spiro atoms. The highest BCUT2D eigenvalue weighted by Gasteiger charge is 2.06. The number of nitrogens with two attached hydrogens (primary N) is 1. The minimum absolute atomic E-state index is 0.209. The van der Waals surface area contributed by atoms with Crippen LogP contribution >= 0.6 is 11.8 Å². The molecule has 1 unspecified atom stereocenters. The van der Waals surface area contributed by atoms with E-state index in [-0.39, 0.29) is 12.5 Å². The molecule has 0 aliphatic heterocycles. The molecule has 0 radical (unpaired) electrons. The van der Waals surface area contributed by atoms with Crippen molar-refractivity contribution < 1.29 is 5.11 Å². The summed E-state index contributed by atoms with van der Waals surface area (Å²) in [5, 5.41) is 9.80. The second-order valence-corrected chi connectivity index (χ2v) is 4.93. The van der Waals surface area contributed by atoms with Gasteiger partial charge >= 0.3 is 0 Å². The van der Waals surface area contributed by atoms with Crippen LogP contribution in [0.1, 0.15) is 6.92 Å². The van der Waals surface area contributed by atoms with Gasteiger partial charge in [-0.1, -0.05) is 18.7 Å². The van der Waals surface area contributed by atoms with E-state index >= 15 is 0 Å². The average Bonchev–Trinajstić information content (AvgIpc) is 2.67. The van der Waals surface area contributed by atoms with Crippen molar-refractivity contribution in [2.45, 2.75) is 12.1 Å². The Bertz CT molecular complexity index is 483. The number of nitrogens with zero attached hydrogens (tertiary/aromatic N) is 1. The number of aliphatic hydroxyl groups excluding tert-OH is 1. The molecule has 16 heavy (non-hydrogen) atoms. The van der Waals surface area contributed by atoms with Crippen LogP contribution in [0.5, 0.6) is 0 Å². The van der Waals surface area contributed by atoms with Gasteiger partial charge in [-0.05, 0) is 24.1 Å². The van der Waals surface area contributed by atoms with Crippen LogP contribution in [-0.2, 0) is 0 Å². The van der Waals surface area contributed by atoms with Crippen molar-refractivity contribution >= 4 is 28.5 Å². The zero-order valence-corrected chi connectivity index (χ0v) is 9.92. The van der Waals surface area contributed by atoms with Gasteiger partial charge in [0.1, 0.15) is 0 Å². The lowest BCUT2D eigenvalue weighted by molar-refractivity contribution is 0.250. The molecule has 1 aromatic carbocycles. The van der Waals surface area contributed by atoms with Crippen molar-refractivity contribution in [3.05, 3.63) is 18.2 Å². The van der Waals surface area contributed by atoms with E-state index in [1.165, 1.54) is 0 Å². The maximum atomic E-state index is 8.93. The van der Waals surface area contributed by atoms with Crippen molar-refractivity contribution in [1.82, 2.24) is 9.97 Å². The van der Waals surface area contributed by atoms with Gasteiger partial charge in [0.15, 0.2) is 5.16 Å². The lowest BCUT2D eigenvalue weighted by Gasteiger charge is -2.03. The van der Waals surface area contributed by atoms with Crippen molar-refractivity contribution in [3.8, 4) is 0 Å². The molecule has 0 saturated carbocycles. The first kappa shape index (κ1) is 11.3. The second kappa shape index (κ2) is 4.76. The Hall–Kier alpha value is -1.20. The molecular weight excluding hydrogens is 222 g/mol. The Morgan fingerprint density at radius 2 is 2.38 bits per heavy atom. The van der Waals surface area contributed by atoms with E-state index in [1.807, 2.05) is 25.1 Å². The van der Waals surface area contributed by atoms with Crippen molar-refractivity contribution in [1.29, 1.82) is 0 Å². The van der Waals surface area contributed by atoms with Crippen LogP contribution < -0.4 is 5.73 Å². The molecule has 1 atom stereocenters. The molecule has 0 bridgehead atoms. The fourth-order valence-corrected chi connectivity index (χ4v) is 2.24. The number of hydrogen-bond acceptors (Lipinski definition) is 4.